The predicted octanol–water partition coefficient (Wildman–Crippen LogP) is 2.40. The van der Waals surface area contributed by atoms with Crippen molar-refractivity contribution in [3.05, 3.63) is 24.4 Å². The Morgan fingerprint density at radius 3 is 2.55 bits per heavy atom. The van der Waals surface area contributed by atoms with Crippen molar-refractivity contribution in [2.75, 3.05) is 26.1 Å². The van der Waals surface area contributed by atoms with Crippen LogP contribution in [-0.4, -0.2) is 31.8 Å². The molecule has 0 bridgehead atoms. The molecule has 5 nitrogen and oxygen atoms in total. The van der Waals surface area contributed by atoms with Gasteiger partial charge in [0.25, 0.3) is 0 Å². The van der Waals surface area contributed by atoms with E-state index in [9.17, 15) is 0 Å². The molecule has 0 aliphatic rings. The average Bonchev–Trinajstić information content (AvgIpc) is 2.51. The fourth-order valence-electron chi connectivity index (χ4n) is 2.14. The van der Waals surface area contributed by atoms with Crippen LogP contribution in [0.15, 0.2) is 24.4 Å². The number of methoxy groups -OCH3 is 2. The lowest BCUT2D eigenvalue weighted by molar-refractivity contribution is 0.356. The molecule has 2 aromatic rings. The Balaban J connectivity index is 2.50. The molecule has 2 rings (SSSR count). The Kier molecular flexibility index (Phi) is 4.63. The number of nitrogens with one attached hydrogen (secondary N) is 1. The highest BCUT2D eigenvalue weighted by atomic mass is 16.5. The Morgan fingerprint density at radius 1 is 1.25 bits per heavy atom. The van der Waals surface area contributed by atoms with Gasteiger partial charge >= 0.3 is 0 Å². The van der Waals surface area contributed by atoms with Crippen LogP contribution >= 0.6 is 0 Å². The van der Waals surface area contributed by atoms with Gasteiger partial charge in [0.05, 0.1) is 14.2 Å². The first kappa shape index (κ1) is 14.4. The number of benzene rings is 1. The number of hydrogen-bond acceptors (Lipinski definition) is 5. The third-order valence-corrected chi connectivity index (χ3v) is 3.39. The average molecular weight is 275 g/mol. The van der Waals surface area contributed by atoms with E-state index in [1.54, 1.807) is 20.4 Å². The summed E-state index contributed by atoms with van der Waals surface area (Å²) in [5, 5.41) is 5.42. The van der Waals surface area contributed by atoms with E-state index < -0.39 is 0 Å². The van der Waals surface area contributed by atoms with Crippen molar-refractivity contribution in [1.29, 1.82) is 0 Å². The first-order valence-corrected chi connectivity index (χ1v) is 6.70. The maximum atomic E-state index is 5.74. The molecule has 1 aromatic heterocycles. The van der Waals surface area contributed by atoms with Gasteiger partial charge in [0.2, 0.25) is 0 Å². The number of pyridine rings is 1. The minimum Gasteiger partial charge on any atom is -0.493 e. The molecule has 1 heterocycles. The molecule has 0 aliphatic heterocycles. The lowest BCUT2D eigenvalue weighted by Gasteiger charge is -2.17. The maximum absolute atomic E-state index is 5.74. The fourth-order valence-corrected chi connectivity index (χ4v) is 2.14. The first-order valence-electron chi connectivity index (χ1n) is 6.70. The molecular formula is C15H21N3O2. The van der Waals surface area contributed by atoms with Gasteiger partial charge in [-0.05, 0) is 30.0 Å². The molecule has 0 saturated heterocycles. The minimum atomic E-state index is 0.209. The number of nitrogens with zero attached hydrogens (tertiary/aromatic N) is 1. The predicted molar refractivity (Wildman–Crippen MR) is 81.6 cm³/mol. The quantitative estimate of drug-likeness (QED) is 0.847. The zero-order valence-electron chi connectivity index (χ0n) is 12.1. The van der Waals surface area contributed by atoms with Gasteiger partial charge in [0.1, 0.15) is 5.82 Å². The number of anilines is 1. The van der Waals surface area contributed by atoms with Gasteiger partial charge in [0, 0.05) is 24.2 Å². The zero-order valence-corrected chi connectivity index (χ0v) is 12.1. The van der Waals surface area contributed by atoms with Crippen LogP contribution in [0.5, 0.6) is 11.5 Å². The van der Waals surface area contributed by atoms with Crippen LogP contribution in [0.25, 0.3) is 10.8 Å². The smallest absolute Gasteiger partial charge is 0.161 e. The van der Waals surface area contributed by atoms with Crippen LogP contribution < -0.4 is 20.5 Å². The van der Waals surface area contributed by atoms with Gasteiger partial charge in [-0.3, -0.25) is 0 Å². The Labute approximate surface area is 119 Å². The summed E-state index contributed by atoms with van der Waals surface area (Å²) >= 11 is 0. The molecule has 1 atom stereocenters. The number of fused-ring (bicyclic) bond motifs is 1. The minimum absolute atomic E-state index is 0.209. The van der Waals surface area contributed by atoms with E-state index in [0.29, 0.717) is 18.0 Å². The van der Waals surface area contributed by atoms with Crippen molar-refractivity contribution in [3.8, 4) is 11.5 Å². The monoisotopic (exact) mass is 275 g/mol. The number of hydrogen-bond donors (Lipinski definition) is 2. The molecule has 0 amide bonds. The Morgan fingerprint density at radius 2 is 1.95 bits per heavy atom. The molecule has 0 aliphatic carbocycles. The molecule has 5 heteroatoms. The number of ether oxygens (including phenoxy) is 2. The molecule has 3 N–H and O–H groups in total. The molecule has 0 saturated carbocycles. The van der Waals surface area contributed by atoms with Crippen LogP contribution in [0.3, 0.4) is 0 Å². The van der Waals surface area contributed by atoms with Gasteiger partial charge in [-0.15, -0.1) is 0 Å². The highest BCUT2D eigenvalue weighted by Gasteiger charge is 2.11. The molecule has 1 unspecified atom stereocenters. The van der Waals surface area contributed by atoms with Crippen molar-refractivity contribution in [1.82, 2.24) is 4.98 Å². The summed E-state index contributed by atoms with van der Waals surface area (Å²) in [5.41, 5.74) is 5.74. The Bertz CT molecular complexity index is 583. The molecule has 0 spiro atoms. The van der Waals surface area contributed by atoms with Crippen molar-refractivity contribution < 1.29 is 9.47 Å². The Hall–Kier alpha value is -2.01. The van der Waals surface area contributed by atoms with E-state index in [2.05, 4.69) is 17.2 Å². The third-order valence-electron chi connectivity index (χ3n) is 3.39. The first-order chi connectivity index (χ1) is 9.73. The SMILES string of the molecule is CCC(CN)Nc1nccc2cc(OC)c(OC)cc12. The lowest BCUT2D eigenvalue weighted by atomic mass is 10.1. The van der Waals surface area contributed by atoms with Gasteiger partial charge < -0.3 is 20.5 Å². The highest BCUT2D eigenvalue weighted by Crippen LogP contribution is 2.34. The fraction of sp³-hybridized carbons (Fsp3) is 0.400. The summed E-state index contributed by atoms with van der Waals surface area (Å²) in [6.45, 7) is 2.67. The van der Waals surface area contributed by atoms with Gasteiger partial charge in [-0.1, -0.05) is 6.92 Å². The third kappa shape index (κ3) is 2.77. The van der Waals surface area contributed by atoms with Gasteiger partial charge in [-0.2, -0.15) is 0 Å². The topological polar surface area (TPSA) is 69.4 Å². The van der Waals surface area contributed by atoms with Crippen molar-refractivity contribution in [3.63, 3.8) is 0 Å². The van der Waals surface area contributed by atoms with E-state index in [1.165, 1.54) is 0 Å². The van der Waals surface area contributed by atoms with E-state index in [-0.39, 0.29) is 6.04 Å². The summed E-state index contributed by atoms with van der Waals surface area (Å²) in [4.78, 5) is 4.41. The summed E-state index contributed by atoms with van der Waals surface area (Å²) in [7, 11) is 3.26. The normalized spacial score (nSPS) is 12.2. The highest BCUT2D eigenvalue weighted by molar-refractivity contribution is 5.94. The maximum Gasteiger partial charge on any atom is 0.161 e. The van der Waals surface area contributed by atoms with Gasteiger partial charge in [0.15, 0.2) is 11.5 Å². The number of rotatable bonds is 6. The van der Waals surface area contributed by atoms with Crippen molar-refractivity contribution >= 4 is 16.6 Å². The molecular weight excluding hydrogens is 254 g/mol. The van der Waals surface area contributed by atoms with E-state index in [1.807, 2.05) is 18.2 Å². The summed E-state index contributed by atoms with van der Waals surface area (Å²) in [6.07, 6.45) is 2.72. The summed E-state index contributed by atoms with van der Waals surface area (Å²) in [5.74, 6) is 2.22. The standard InChI is InChI=1S/C15H21N3O2/c1-4-11(9-16)18-15-12-8-14(20-3)13(19-2)7-10(12)5-6-17-15/h5-8,11H,4,9,16H2,1-3H3,(H,17,18). The summed E-state index contributed by atoms with van der Waals surface area (Å²) < 4.78 is 10.7. The van der Waals surface area contributed by atoms with Crippen LogP contribution in [0.1, 0.15) is 13.3 Å². The van der Waals surface area contributed by atoms with Gasteiger partial charge in [-0.25, -0.2) is 4.98 Å². The molecule has 0 radical (unpaired) electrons. The van der Waals surface area contributed by atoms with E-state index >= 15 is 0 Å². The van der Waals surface area contributed by atoms with Crippen LogP contribution in [0.2, 0.25) is 0 Å². The zero-order chi connectivity index (χ0) is 14.5. The van der Waals surface area contributed by atoms with Crippen molar-refractivity contribution in [2.45, 2.75) is 19.4 Å². The van der Waals surface area contributed by atoms with Crippen molar-refractivity contribution in [2.24, 2.45) is 5.73 Å². The molecule has 1 aromatic carbocycles. The molecule has 20 heavy (non-hydrogen) atoms. The number of nitrogens with two attached hydrogens (primary N) is 1. The summed E-state index contributed by atoms with van der Waals surface area (Å²) in [6, 6.07) is 6.05. The van der Waals surface area contributed by atoms with E-state index in [4.69, 9.17) is 15.2 Å². The molecule has 108 valence electrons. The van der Waals surface area contributed by atoms with Crippen LogP contribution in [-0.2, 0) is 0 Å². The second-order valence-electron chi connectivity index (χ2n) is 4.57. The largest absolute Gasteiger partial charge is 0.493 e. The number of aromatic nitrogens is 1. The van der Waals surface area contributed by atoms with Crippen LogP contribution in [0.4, 0.5) is 5.82 Å². The van der Waals surface area contributed by atoms with E-state index in [0.717, 1.165) is 23.0 Å². The lowest BCUT2D eigenvalue weighted by Crippen LogP contribution is -2.28. The second kappa shape index (κ2) is 6.43. The van der Waals surface area contributed by atoms with Crippen LogP contribution in [0, 0.1) is 0 Å². The molecule has 0 fully saturated rings. The second-order valence-corrected chi connectivity index (χ2v) is 4.57.